The molecule has 2 heterocycles. The maximum atomic E-state index is 6.28. The third-order valence-corrected chi connectivity index (χ3v) is 4.24. The molecule has 2 aromatic heterocycles. The lowest BCUT2D eigenvalue weighted by Crippen LogP contribution is -2.14. The van der Waals surface area contributed by atoms with E-state index in [1.165, 1.54) is 11.5 Å². The van der Waals surface area contributed by atoms with Crippen LogP contribution in [0.1, 0.15) is 29.2 Å². The zero-order valence-electron chi connectivity index (χ0n) is 11.3. The zero-order chi connectivity index (χ0) is 13.9. The number of para-hydroxylation sites is 1. The normalized spacial score (nSPS) is 12.7. The largest absolute Gasteiger partial charge is 0.323 e. The van der Waals surface area contributed by atoms with Gasteiger partial charge in [0.2, 0.25) is 0 Å². The van der Waals surface area contributed by atoms with E-state index < -0.39 is 0 Å². The van der Waals surface area contributed by atoms with Gasteiger partial charge in [0, 0.05) is 23.5 Å². The number of aryl methyl sites for hydroxylation is 1. The second-order valence-corrected chi connectivity index (χ2v) is 5.53. The summed E-state index contributed by atoms with van der Waals surface area (Å²) in [7, 11) is 0. The summed E-state index contributed by atoms with van der Waals surface area (Å²) in [6.07, 6.45) is 1.58. The number of benzene rings is 1. The summed E-state index contributed by atoms with van der Waals surface area (Å²) in [6, 6.07) is 12.2. The first-order chi connectivity index (χ1) is 9.78. The van der Waals surface area contributed by atoms with Gasteiger partial charge in [0.05, 0.1) is 16.1 Å². The maximum absolute atomic E-state index is 6.28. The fraction of sp³-hybridized carbons (Fsp3) is 0.267. The van der Waals surface area contributed by atoms with Gasteiger partial charge in [-0.05, 0) is 30.1 Å². The lowest BCUT2D eigenvalue weighted by molar-refractivity contribution is 0.709. The molecule has 1 unspecified atom stereocenters. The van der Waals surface area contributed by atoms with Crippen LogP contribution in [0.15, 0.2) is 36.4 Å². The molecular formula is C15H16N4S. The van der Waals surface area contributed by atoms with Crippen LogP contribution in [0.25, 0.3) is 10.9 Å². The van der Waals surface area contributed by atoms with Crippen LogP contribution in [0.3, 0.4) is 0 Å². The fourth-order valence-corrected chi connectivity index (χ4v) is 3.02. The molecule has 20 heavy (non-hydrogen) atoms. The van der Waals surface area contributed by atoms with Gasteiger partial charge in [-0.3, -0.25) is 4.98 Å². The fourth-order valence-electron chi connectivity index (χ4n) is 2.28. The van der Waals surface area contributed by atoms with Gasteiger partial charge < -0.3 is 5.73 Å². The van der Waals surface area contributed by atoms with E-state index in [0.29, 0.717) is 6.42 Å². The first-order valence-corrected chi connectivity index (χ1v) is 7.46. The van der Waals surface area contributed by atoms with Crippen LogP contribution in [0.2, 0.25) is 0 Å². The number of aromatic nitrogens is 3. The van der Waals surface area contributed by atoms with Crippen molar-refractivity contribution in [1.29, 1.82) is 0 Å². The summed E-state index contributed by atoms with van der Waals surface area (Å²) >= 11 is 1.39. The molecule has 1 aromatic carbocycles. The SMILES string of the molecule is CCc1nnsc1C(N)Cc1ccc2ccccc2n1. The first-order valence-electron chi connectivity index (χ1n) is 6.69. The van der Waals surface area contributed by atoms with E-state index >= 15 is 0 Å². The minimum atomic E-state index is -0.0846. The van der Waals surface area contributed by atoms with Gasteiger partial charge in [0.15, 0.2) is 0 Å². The molecule has 3 aromatic rings. The number of nitrogens with two attached hydrogens (primary N) is 1. The van der Waals surface area contributed by atoms with Crippen LogP contribution < -0.4 is 5.73 Å². The van der Waals surface area contributed by atoms with E-state index in [0.717, 1.165) is 33.6 Å². The maximum Gasteiger partial charge on any atom is 0.0801 e. The lowest BCUT2D eigenvalue weighted by Gasteiger charge is -2.10. The van der Waals surface area contributed by atoms with Gasteiger partial charge in [0.25, 0.3) is 0 Å². The highest BCUT2D eigenvalue weighted by Gasteiger charge is 2.15. The van der Waals surface area contributed by atoms with Crippen molar-refractivity contribution >= 4 is 22.4 Å². The molecule has 2 N–H and O–H groups in total. The van der Waals surface area contributed by atoms with Gasteiger partial charge >= 0.3 is 0 Å². The average molecular weight is 284 g/mol. The quantitative estimate of drug-likeness (QED) is 0.800. The van der Waals surface area contributed by atoms with Crippen molar-refractivity contribution in [2.75, 3.05) is 0 Å². The van der Waals surface area contributed by atoms with E-state index in [9.17, 15) is 0 Å². The minimum absolute atomic E-state index is 0.0846. The predicted molar refractivity (Wildman–Crippen MR) is 81.7 cm³/mol. The molecule has 3 rings (SSSR count). The molecular weight excluding hydrogens is 268 g/mol. The van der Waals surface area contributed by atoms with Crippen molar-refractivity contribution < 1.29 is 0 Å². The molecule has 0 spiro atoms. The Hall–Kier alpha value is -1.85. The Morgan fingerprint density at radius 1 is 1.20 bits per heavy atom. The van der Waals surface area contributed by atoms with E-state index in [-0.39, 0.29) is 6.04 Å². The third-order valence-electron chi connectivity index (χ3n) is 3.34. The average Bonchev–Trinajstić information content (AvgIpc) is 2.95. The smallest absolute Gasteiger partial charge is 0.0801 e. The number of hydrogen-bond acceptors (Lipinski definition) is 5. The Labute approximate surface area is 121 Å². The van der Waals surface area contributed by atoms with Gasteiger partial charge in [-0.15, -0.1) is 5.10 Å². The van der Waals surface area contributed by atoms with Gasteiger partial charge in [-0.1, -0.05) is 35.7 Å². The summed E-state index contributed by atoms with van der Waals surface area (Å²) in [5, 5.41) is 5.27. The molecule has 0 aliphatic heterocycles. The molecule has 4 nitrogen and oxygen atoms in total. The van der Waals surface area contributed by atoms with Gasteiger partial charge in [-0.2, -0.15) is 0 Å². The van der Waals surface area contributed by atoms with E-state index in [1.807, 2.05) is 24.3 Å². The van der Waals surface area contributed by atoms with Crippen LogP contribution in [-0.2, 0) is 12.8 Å². The van der Waals surface area contributed by atoms with Crippen molar-refractivity contribution in [3.8, 4) is 0 Å². The van der Waals surface area contributed by atoms with Crippen LogP contribution in [0, 0.1) is 0 Å². The first kappa shape index (κ1) is 13.1. The second-order valence-electron chi connectivity index (χ2n) is 4.74. The molecule has 0 radical (unpaired) electrons. The molecule has 0 aliphatic rings. The summed E-state index contributed by atoms with van der Waals surface area (Å²) in [5.74, 6) is 0. The summed E-state index contributed by atoms with van der Waals surface area (Å²) in [5.41, 5.74) is 9.30. The Morgan fingerprint density at radius 2 is 2.05 bits per heavy atom. The monoisotopic (exact) mass is 284 g/mol. The van der Waals surface area contributed by atoms with Crippen LogP contribution in [-0.4, -0.2) is 14.6 Å². The van der Waals surface area contributed by atoms with Crippen molar-refractivity contribution in [2.45, 2.75) is 25.8 Å². The third kappa shape index (κ3) is 2.55. The highest BCUT2D eigenvalue weighted by atomic mass is 32.1. The number of pyridine rings is 1. The number of hydrogen-bond donors (Lipinski definition) is 1. The van der Waals surface area contributed by atoms with Crippen LogP contribution in [0.4, 0.5) is 0 Å². The number of rotatable bonds is 4. The van der Waals surface area contributed by atoms with Crippen molar-refractivity contribution in [2.24, 2.45) is 5.73 Å². The number of nitrogens with zero attached hydrogens (tertiary/aromatic N) is 3. The topological polar surface area (TPSA) is 64.7 Å². The van der Waals surface area contributed by atoms with E-state index in [2.05, 4.69) is 33.6 Å². The van der Waals surface area contributed by atoms with E-state index in [4.69, 9.17) is 5.73 Å². The summed E-state index contributed by atoms with van der Waals surface area (Å²) < 4.78 is 4.00. The van der Waals surface area contributed by atoms with Crippen molar-refractivity contribution in [3.05, 3.63) is 52.7 Å². The van der Waals surface area contributed by atoms with Crippen LogP contribution in [0.5, 0.6) is 0 Å². The molecule has 5 heteroatoms. The van der Waals surface area contributed by atoms with Gasteiger partial charge in [0.1, 0.15) is 0 Å². The molecule has 0 amide bonds. The predicted octanol–water partition coefficient (Wildman–Crippen LogP) is 2.89. The Kier molecular flexibility index (Phi) is 3.71. The van der Waals surface area contributed by atoms with Crippen molar-refractivity contribution in [1.82, 2.24) is 14.6 Å². The molecule has 102 valence electrons. The van der Waals surface area contributed by atoms with E-state index in [1.54, 1.807) is 0 Å². The second kappa shape index (κ2) is 5.64. The molecule has 1 atom stereocenters. The molecule has 0 aliphatic carbocycles. The zero-order valence-corrected chi connectivity index (χ0v) is 12.1. The highest BCUT2D eigenvalue weighted by molar-refractivity contribution is 7.05. The molecule has 0 fully saturated rings. The van der Waals surface area contributed by atoms with Crippen LogP contribution >= 0.6 is 11.5 Å². The minimum Gasteiger partial charge on any atom is -0.323 e. The van der Waals surface area contributed by atoms with Crippen molar-refractivity contribution in [3.63, 3.8) is 0 Å². The lowest BCUT2D eigenvalue weighted by atomic mass is 10.1. The molecule has 0 saturated carbocycles. The van der Waals surface area contributed by atoms with Gasteiger partial charge in [-0.25, -0.2) is 0 Å². The standard InChI is InChI=1S/C15H16N4S/c1-2-13-15(20-19-18-13)12(16)9-11-8-7-10-5-3-4-6-14(10)17-11/h3-8,12H,2,9,16H2,1H3. The number of fused-ring (bicyclic) bond motifs is 1. The summed E-state index contributed by atoms with van der Waals surface area (Å²) in [6.45, 7) is 2.07. The highest BCUT2D eigenvalue weighted by Crippen LogP contribution is 2.22. The molecule has 0 saturated heterocycles. The Bertz CT molecular complexity index is 722. The molecule has 0 bridgehead atoms. The summed E-state index contributed by atoms with van der Waals surface area (Å²) in [4.78, 5) is 5.74. The Morgan fingerprint density at radius 3 is 2.90 bits per heavy atom. The Balaban J connectivity index is 1.85.